The van der Waals surface area contributed by atoms with Gasteiger partial charge in [0.05, 0.1) is 11.3 Å². The minimum Gasteiger partial charge on any atom is -0.384 e. The summed E-state index contributed by atoms with van der Waals surface area (Å²) in [4.78, 5) is 26.4. The molecule has 3 aromatic rings. The summed E-state index contributed by atoms with van der Waals surface area (Å²) in [6.45, 7) is 3.00. The van der Waals surface area contributed by atoms with Crippen LogP contribution in [0.15, 0.2) is 30.7 Å². The van der Waals surface area contributed by atoms with Gasteiger partial charge in [-0.15, -0.1) is 0 Å². The van der Waals surface area contributed by atoms with Gasteiger partial charge < -0.3 is 10.6 Å². The number of halogens is 2. The van der Waals surface area contributed by atoms with E-state index in [1.165, 1.54) is 23.1 Å². The number of anilines is 1. The molecular weight excluding hydrogens is 368 g/mol. The van der Waals surface area contributed by atoms with Crippen molar-refractivity contribution < 1.29 is 13.6 Å². The lowest BCUT2D eigenvalue weighted by molar-refractivity contribution is 0.0665. The van der Waals surface area contributed by atoms with E-state index < -0.39 is 6.43 Å². The first-order valence-corrected chi connectivity index (χ1v) is 8.93. The number of likely N-dealkylation sites (tertiary alicyclic amines) is 1. The summed E-state index contributed by atoms with van der Waals surface area (Å²) >= 11 is 0. The number of hydrogen-bond donors (Lipinski definition) is 1. The van der Waals surface area contributed by atoms with Gasteiger partial charge in [-0.3, -0.25) is 4.79 Å². The van der Waals surface area contributed by atoms with E-state index in [-0.39, 0.29) is 29.2 Å². The molecule has 146 valence electrons. The number of pyridine rings is 1. The second-order valence-electron chi connectivity index (χ2n) is 6.97. The number of carbonyl (C=O) groups excluding carboxylic acids is 1. The molecule has 2 atom stereocenters. The maximum atomic E-state index is 13.3. The van der Waals surface area contributed by atoms with Gasteiger partial charge in [-0.1, -0.05) is 6.92 Å². The maximum absolute atomic E-state index is 13.3. The molecule has 10 heteroatoms. The molecule has 0 spiro atoms. The summed E-state index contributed by atoms with van der Waals surface area (Å²) in [5.74, 6) is 0.304. The van der Waals surface area contributed by atoms with Crippen LogP contribution in [0.1, 0.15) is 47.4 Å². The van der Waals surface area contributed by atoms with E-state index in [9.17, 15) is 13.6 Å². The number of alkyl halides is 2. The van der Waals surface area contributed by atoms with Crippen LogP contribution in [0.4, 0.5) is 14.6 Å². The second-order valence-corrected chi connectivity index (χ2v) is 6.97. The number of carbonyl (C=O) groups is 1. The van der Waals surface area contributed by atoms with Gasteiger partial charge >= 0.3 is 0 Å². The molecule has 0 bridgehead atoms. The number of amides is 1. The molecule has 1 saturated heterocycles. The molecule has 8 nitrogen and oxygen atoms in total. The summed E-state index contributed by atoms with van der Waals surface area (Å²) in [6.07, 6.45) is 0.763. The normalized spacial score (nSPS) is 20.1. The van der Waals surface area contributed by atoms with Crippen molar-refractivity contribution >= 4 is 17.5 Å². The van der Waals surface area contributed by atoms with E-state index in [1.54, 1.807) is 17.0 Å². The van der Waals surface area contributed by atoms with Crippen molar-refractivity contribution in [3.63, 3.8) is 0 Å². The van der Waals surface area contributed by atoms with Gasteiger partial charge in [0.1, 0.15) is 17.8 Å². The van der Waals surface area contributed by atoms with Crippen LogP contribution in [0.5, 0.6) is 0 Å². The number of piperidine rings is 1. The smallest absolute Gasteiger partial charge is 0.280 e. The Balaban J connectivity index is 1.67. The lowest BCUT2D eigenvalue weighted by atomic mass is 9.84. The number of rotatable bonds is 3. The Bertz CT molecular complexity index is 1000. The highest BCUT2D eigenvalue weighted by molar-refractivity contribution is 5.94. The highest BCUT2D eigenvalue weighted by atomic mass is 19.3. The molecule has 1 aliphatic rings. The van der Waals surface area contributed by atoms with Crippen LogP contribution in [0.2, 0.25) is 0 Å². The Labute approximate surface area is 159 Å². The number of nitrogen functional groups attached to an aromatic ring is 1. The number of fused-ring (bicyclic) bond motifs is 1. The van der Waals surface area contributed by atoms with Crippen LogP contribution in [0, 0.1) is 5.92 Å². The first-order valence-electron chi connectivity index (χ1n) is 8.93. The molecule has 4 rings (SSSR count). The Kier molecular flexibility index (Phi) is 4.62. The molecule has 3 aromatic heterocycles. The summed E-state index contributed by atoms with van der Waals surface area (Å²) in [5.41, 5.74) is 6.27. The molecule has 0 unspecified atom stereocenters. The fourth-order valence-electron chi connectivity index (χ4n) is 3.58. The molecule has 28 heavy (non-hydrogen) atoms. The van der Waals surface area contributed by atoms with E-state index >= 15 is 0 Å². The maximum Gasteiger partial charge on any atom is 0.280 e. The van der Waals surface area contributed by atoms with Crippen molar-refractivity contribution in [2.75, 3.05) is 18.8 Å². The van der Waals surface area contributed by atoms with Crippen LogP contribution in [0.25, 0.3) is 5.78 Å². The summed E-state index contributed by atoms with van der Waals surface area (Å²) in [6, 6.07) is 4.58. The van der Waals surface area contributed by atoms with E-state index in [0.29, 0.717) is 30.2 Å². The number of nitrogens with two attached hydrogens (primary N) is 1. The zero-order valence-corrected chi connectivity index (χ0v) is 15.2. The van der Waals surface area contributed by atoms with Gasteiger partial charge in [0.25, 0.3) is 18.1 Å². The molecule has 0 aliphatic carbocycles. The topological polar surface area (TPSA) is 102 Å². The first-order chi connectivity index (χ1) is 13.4. The molecule has 0 saturated carbocycles. The van der Waals surface area contributed by atoms with Gasteiger partial charge in [-0.25, -0.2) is 23.3 Å². The lowest BCUT2D eigenvalue weighted by Crippen LogP contribution is -2.42. The highest BCUT2D eigenvalue weighted by Gasteiger charge is 2.33. The number of aromatic nitrogens is 5. The van der Waals surface area contributed by atoms with Crippen molar-refractivity contribution in [2.24, 2.45) is 5.92 Å². The van der Waals surface area contributed by atoms with Crippen molar-refractivity contribution in [3.8, 4) is 0 Å². The third-order valence-electron chi connectivity index (χ3n) is 5.18. The lowest BCUT2D eigenvalue weighted by Gasteiger charge is -2.37. The molecule has 2 N–H and O–H groups in total. The Morgan fingerprint density at radius 2 is 2.14 bits per heavy atom. The minimum atomic E-state index is -2.71. The third-order valence-corrected chi connectivity index (χ3v) is 5.18. The quantitative estimate of drug-likeness (QED) is 0.740. The summed E-state index contributed by atoms with van der Waals surface area (Å²) < 4.78 is 28.1. The first kappa shape index (κ1) is 18.2. The highest BCUT2D eigenvalue weighted by Crippen LogP contribution is 2.34. The van der Waals surface area contributed by atoms with E-state index in [4.69, 9.17) is 5.73 Å². The van der Waals surface area contributed by atoms with Crippen LogP contribution >= 0.6 is 0 Å². The zero-order chi connectivity index (χ0) is 19.8. The predicted molar refractivity (Wildman–Crippen MR) is 96.8 cm³/mol. The zero-order valence-electron chi connectivity index (χ0n) is 15.2. The molecule has 0 radical (unpaired) electrons. The van der Waals surface area contributed by atoms with Gasteiger partial charge in [0.2, 0.25) is 0 Å². The average molecular weight is 387 g/mol. The van der Waals surface area contributed by atoms with Crippen molar-refractivity contribution in [1.29, 1.82) is 0 Å². The van der Waals surface area contributed by atoms with Gasteiger partial charge in [0, 0.05) is 25.2 Å². The van der Waals surface area contributed by atoms with Crippen LogP contribution in [-0.4, -0.2) is 48.5 Å². The standard InChI is InChI=1S/C18H19F2N7O/c1-10-4-5-26(17(28)11-2-3-15(21)22-7-11)8-12(10)14-6-13(16(19)20)25-18-23-9-24-27(14)18/h2-3,6-7,9-10,12,16H,4-5,8H2,1H3,(H2,21,22)/t10-,12-/m1/s1. The van der Waals surface area contributed by atoms with E-state index in [0.717, 1.165) is 6.42 Å². The summed E-state index contributed by atoms with van der Waals surface area (Å²) in [7, 11) is 0. The molecule has 1 fully saturated rings. The van der Waals surface area contributed by atoms with Crippen LogP contribution in [-0.2, 0) is 0 Å². The fourth-order valence-corrected chi connectivity index (χ4v) is 3.58. The predicted octanol–water partition coefficient (Wildman–Crippen LogP) is 2.30. The second kappa shape index (κ2) is 7.10. The molecular formula is C18H19F2N7O. The van der Waals surface area contributed by atoms with Gasteiger partial charge in [0.15, 0.2) is 0 Å². The molecule has 1 amide bonds. The molecule has 4 heterocycles. The fraction of sp³-hybridized carbons (Fsp3) is 0.389. The SMILES string of the molecule is C[C@@H]1CCN(C(=O)c2ccc(N)nc2)C[C@H]1c1cc(C(F)F)nc2ncnn12. The Morgan fingerprint density at radius 3 is 2.86 bits per heavy atom. The third kappa shape index (κ3) is 3.25. The van der Waals surface area contributed by atoms with E-state index in [2.05, 4.69) is 20.1 Å². The molecule has 1 aliphatic heterocycles. The molecule has 0 aromatic carbocycles. The van der Waals surface area contributed by atoms with E-state index in [1.807, 2.05) is 6.92 Å². The van der Waals surface area contributed by atoms with Gasteiger partial charge in [-0.2, -0.15) is 10.1 Å². The average Bonchev–Trinajstić information content (AvgIpc) is 3.16. The van der Waals surface area contributed by atoms with Crippen molar-refractivity contribution in [2.45, 2.75) is 25.7 Å². The summed E-state index contributed by atoms with van der Waals surface area (Å²) in [5, 5.41) is 4.14. The van der Waals surface area contributed by atoms with Crippen LogP contribution < -0.4 is 5.73 Å². The Hall–Kier alpha value is -3.17. The van der Waals surface area contributed by atoms with Crippen LogP contribution in [0.3, 0.4) is 0 Å². The number of nitrogens with zero attached hydrogens (tertiary/aromatic N) is 6. The minimum absolute atomic E-state index is 0.131. The number of hydrogen-bond acceptors (Lipinski definition) is 6. The monoisotopic (exact) mass is 387 g/mol. The van der Waals surface area contributed by atoms with Crippen molar-refractivity contribution in [3.05, 3.63) is 47.7 Å². The van der Waals surface area contributed by atoms with Gasteiger partial charge in [-0.05, 0) is 30.5 Å². The largest absolute Gasteiger partial charge is 0.384 e. The Morgan fingerprint density at radius 1 is 1.32 bits per heavy atom. The van der Waals surface area contributed by atoms with Crippen molar-refractivity contribution in [1.82, 2.24) is 29.5 Å².